The Morgan fingerprint density at radius 1 is 1.12 bits per heavy atom. The number of benzene rings is 1. The van der Waals surface area contributed by atoms with Crippen LogP contribution in [0.25, 0.3) is 0 Å². The van der Waals surface area contributed by atoms with Gasteiger partial charge in [0.15, 0.2) is 0 Å². The summed E-state index contributed by atoms with van der Waals surface area (Å²) >= 11 is 0. The van der Waals surface area contributed by atoms with Crippen molar-refractivity contribution < 1.29 is 19.3 Å². The van der Waals surface area contributed by atoms with Gasteiger partial charge in [-0.3, -0.25) is 24.5 Å². The summed E-state index contributed by atoms with van der Waals surface area (Å²) in [6.45, 7) is 3.53. The number of hydrogen-bond acceptors (Lipinski definition) is 5. The molecular formula is C16H20N4O5. The molecule has 0 radical (unpaired) electrons. The molecule has 0 spiro atoms. The lowest BCUT2D eigenvalue weighted by Gasteiger charge is -2.34. The predicted octanol–water partition coefficient (Wildman–Crippen LogP) is 0.405. The summed E-state index contributed by atoms with van der Waals surface area (Å²) < 4.78 is 0. The molecule has 9 nitrogen and oxygen atoms in total. The molecule has 1 fully saturated rings. The number of rotatable bonds is 5. The van der Waals surface area contributed by atoms with Crippen LogP contribution in [-0.4, -0.2) is 65.2 Å². The molecule has 3 amide bonds. The van der Waals surface area contributed by atoms with E-state index in [1.165, 1.54) is 25.1 Å². The van der Waals surface area contributed by atoms with Crippen LogP contribution in [0, 0.1) is 10.1 Å². The minimum absolute atomic E-state index is 0.0104. The van der Waals surface area contributed by atoms with Crippen molar-refractivity contribution in [3.63, 3.8) is 0 Å². The Bertz CT molecular complexity index is 683. The van der Waals surface area contributed by atoms with E-state index in [-0.39, 0.29) is 36.0 Å². The van der Waals surface area contributed by atoms with Crippen molar-refractivity contribution >= 4 is 23.4 Å². The third kappa shape index (κ3) is 4.75. The number of para-hydroxylation sites is 1. The SMILES string of the molecule is CC(=O)N1CCN(C(=O)CCNC(=O)c2ccccc2[N+](=O)[O-])CC1. The van der Waals surface area contributed by atoms with E-state index in [0.29, 0.717) is 26.2 Å². The van der Waals surface area contributed by atoms with E-state index < -0.39 is 10.8 Å². The fourth-order valence-corrected chi connectivity index (χ4v) is 2.63. The first-order chi connectivity index (χ1) is 11.9. The summed E-state index contributed by atoms with van der Waals surface area (Å²) in [6, 6.07) is 5.66. The Labute approximate surface area is 144 Å². The zero-order valence-corrected chi connectivity index (χ0v) is 13.9. The summed E-state index contributed by atoms with van der Waals surface area (Å²) in [6.07, 6.45) is 0.104. The summed E-state index contributed by atoms with van der Waals surface area (Å²) in [5, 5.41) is 13.5. The van der Waals surface area contributed by atoms with Gasteiger partial charge in [0.25, 0.3) is 11.6 Å². The largest absolute Gasteiger partial charge is 0.351 e. The molecule has 1 N–H and O–H groups in total. The summed E-state index contributed by atoms with van der Waals surface area (Å²) in [5.41, 5.74) is -0.304. The second-order valence-corrected chi connectivity index (χ2v) is 5.67. The average molecular weight is 348 g/mol. The van der Waals surface area contributed by atoms with E-state index in [0.717, 1.165) is 0 Å². The van der Waals surface area contributed by atoms with Crippen LogP contribution in [0.2, 0.25) is 0 Å². The van der Waals surface area contributed by atoms with Gasteiger partial charge in [0, 0.05) is 52.1 Å². The van der Waals surface area contributed by atoms with Crippen molar-refractivity contribution in [2.75, 3.05) is 32.7 Å². The molecule has 0 aromatic heterocycles. The molecule has 1 aliphatic heterocycles. The Morgan fingerprint density at radius 2 is 1.72 bits per heavy atom. The first-order valence-electron chi connectivity index (χ1n) is 7.95. The molecule has 0 atom stereocenters. The third-order valence-corrected chi connectivity index (χ3v) is 4.05. The molecule has 2 rings (SSSR count). The maximum atomic E-state index is 12.1. The zero-order valence-electron chi connectivity index (χ0n) is 13.9. The van der Waals surface area contributed by atoms with E-state index in [1.807, 2.05) is 0 Å². The smallest absolute Gasteiger partial charge is 0.282 e. The quantitative estimate of drug-likeness (QED) is 0.611. The molecule has 0 saturated carbocycles. The van der Waals surface area contributed by atoms with Crippen molar-refractivity contribution in [1.82, 2.24) is 15.1 Å². The molecule has 1 heterocycles. The van der Waals surface area contributed by atoms with E-state index in [2.05, 4.69) is 5.32 Å². The first kappa shape index (κ1) is 18.4. The van der Waals surface area contributed by atoms with Crippen LogP contribution >= 0.6 is 0 Å². The van der Waals surface area contributed by atoms with Gasteiger partial charge in [-0.05, 0) is 6.07 Å². The van der Waals surface area contributed by atoms with Crippen molar-refractivity contribution in [2.24, 2.45) is 0 Å². The summed E-state index contributed by atoms with van der Waals surface area (Å²) in [5.74, 6) is -0.712. The third-order valence-electron chi connectivity index (χ3n) is 4.05. The Kier molecular flexibility index (Phi) is 6.04. The molecule has 1 aromatic carbocycles. The van der Waals surface area contributed by atoms with Crippen LogP contribution in [0.15, 0.2) is 24.3 Å². The topological polar surface area (TPSA) is 113 Å². The lowest BCUT2D eigenvalue weighted by atomic mass is 10.1. The number of nitro groups is 1. The number of carbonyl (C=O) groups excluding carboxylic acids is 3. The number of carbonyl (C=O) groups is 3. The summed E-state index contributed by atoms with van der Waals surface area (Å²) in [7, 11) is 0. The lowest BCUT2D eigenvalue weighted by Crippen LogP contribution is -2.50. The van der Waals surface area contributed by atoms with Crippen molar-refractivity contribution in [3.05, 3.63) is 39.9 Å². The van der Waals surface area contributed by atoms with Gasteiger partial charge in [-0.15, -0.1) is 0 Å². The van der Waals surface area contributed by atoms with Gasteiger partial charge in [-0.25, -0.2) is 0 Å². The van der Waals surface area contributed by atoms with E-state index in [9.17, 15) is 24.5 Å². The Morgan fingerprint density at radius 3 is 2.32 bits per heavy atom. The minimum atomic E-state index is -0.616. The molecule has 0 unspecified atom stereocenters. The summed E-state index contributed by atoms with van der Waals surface area (Å²) in [4.78, 5) is 49.1. The van der Waals surface area contributed by atoms with Crippen LogP contribution in [0.1, 0.15) is 23.7 Å². The standard InChI is InChI=1S/C16H20N4O5/c1-12(21)18-8-10-19(11-9-18)15(22)6-7-17-16(23)13-4-2-3-5-14(13)20(24)25/h2-5H,6-11H2,1H3,(H,17,23). The monoisotopic (exact) mass is 348 g/mol. The Hall–Kier alpha value is -2.97. The number of nitrogens with one attached hydrogen (secondary N) is 1. The Balaban J connectivity index is 1.81. The second-order valence-electron chi connectivity index (χ2n) is 5.67. The number of piperazine rings is 1. The highest BCUT2D eigenvalue weighted by atomic mass is 16.6. The van der Waals surface area contributed by atoms with Gasteiger partial charge in [0.1, 0.15) is 5.56 Å². The van der Waals surface area contributed by atoms with E-state index in [4.69, 9.17) is 0 Å². The fourth-order valence-electron chi connectivity index (χ4n) is 2.63. The van der Waals surface area contributed by atoms with Gasteiger partial charge >= 0.3 is 0 Å². The average Bonchev–Trinajstić information content (AvgIpc) is 2.61. The highest BCUT2D eigenvalue weighted by molar-refractivity contribution is 5.98. The number of amides is 3. The molecule has 0 bridgehead atoms. The van der Waals surface area contributed by atoms with E-state index >= 15 is 0 Å². The number of hydrogen-bond donors (Lipinski definition) is 1. The van der Waals surface area contributed by atoms with Gasteiger partial charge in [-0.2, -0.15) is 0 Å². The fraction of sp³-hybridized carbons (Fsp3) is 0.438. The normalized spacial score (nSPS) is 14.1. The van der Waals surface area contributed by atoms with Gasteiger partial charge in [-0.1, -0.05) is 12.1 Å². The van der Waals surface area contributed by atoms with Crippen molar-refractivity contribution in [2.45, 2.75) is 13.3 Å². The molecule has 9 heteroatoms. The van der Waals surface area contributed by atoms with Crippen LogP contribution in [-0.2, 0) is 9.59 Å². The van der Waals surface area contributed by atoms with Crippen LogP contribution < -0.4 is 5.32 Å². The van der Waals surface area contributed by atoms with Gasteiger partial charge in [0.05, 0.1) is 4.92 Å². The van der Waals surface area contributed by atoms with E-state index in [1.54, 1.807) is 15.9 Å². The lowest BCUT2D eigenvalue weighted by molar-refractivity contribution is -0.385. The minimum Gasteiger partial charge on any atom is -0.351 e. The molecule has 134 valence electrons. The van der Waals surface area contributed by atoms with Crippen LogP contribution in [0.3, 0.4) is 0 Å². The van der Waals surface area contributed by atoms with Gasteiger partial charge in [0.2, 0.25) is 11.8 Å². The molecular weight excluding hydrogens is 328 g/mol. The molecule has 1 aromatic rings. The number of nitro benzene ring substituents is 1. The highest BCUT2D eigenvalue weighted by Crippen LogP contribution is 2.17. The van der Waals surface area contributed by atoms with Gasteiger partial charge < -0.3 is 15.1 Å². The molecule has 0 aliphatic carbocycles. The zero-order chi connectivity index (χ0) is 18.4. The second kappa shape index (κ2) is 8.22. The van der Waals surface area contributed by atoms with Crippen molar-refractivity contribution in [3.8, 4) is 0 Å². The molecule has 1 aliphatic rings. The molecule has 25 heavy (non-hydrogen) atoms. The number of nitrogens with zero attached hydrogens (tertiary/aromatic N) is 3. The maximum absolute atomic E-state index is 12.1. The first-order valence-corrected chi connectivity index (χ1v) is 7.95. The predicted molar refractivity (Wildman–Crippen MR) is 88.9 cm³/mol. The van der Waals surface area contributed by atoms with Crippen molar-refractivity contribution in [1.29, 1.82) is 0 Å². The maximum Gasteiger partial charge on any atom is 0.282 e. The van der Waals surface area contributed by atoms with Crippen LogP contribution in [0.5, 0.6) is 0 Å². The highest BCUT2D eigenvalue weighted by Gasteiger charge is 2.23. The molecule has 1 saturated heterocycles. The van der Waals surface area contributed by atoms with Crippen LogP contribution in [0.4, 0.5) is 5.69 Å².